The highest BCUT2D eigenvalue weighted by atomic mass is 32.1. The van der Waals surface area contributed by atoms with E-state index in [0.29, 0.717) is 11.2 Å². The van der Waals surface area contributed by atoms with Gasteiger partial charge in [-0.3, -0.25) is 0 Å². The maximum atomic E-state index is 11.0. The Morgan fingerprint density at radius 3 is 2.68 bits per heavy atom. The first-order valence-corrected chi connectivity index (χ1v) is 6.88. The Morgan fingerprint density at radius 1 is 1.37 bits per heavy atom. The molecule has 102 valence electrons. The zero-order valence-corrected chi connectivity index (χ0v) is 11.7. The smallest absolute Gasteiger partial charge is 0.335 e. The number of benzene rings is 1. The Bertz CT molecular complexity index is 496. The van der Waals surface area contributed by atoms with Crippen LogP contribution >= 0.6 is 12.2 Å². The van der Waals surface area contributed by atoms with Crippen LogP contribution < -0.4 is 10.6 Å². The molecule has 1 aliphatic carbocycles. The molecule has 5 heteroatoms. The molecule has 0 aromatic heterocycles. The summed E-state index contributed by atoms with van der Waals surface area (Å²) in [6.45, 7) is 1.92. The van der Waals surface area contributed by atoms with Crippen molar-refractivity contribution < 1.29 is 9.90 Å². The van der Waals surface area contributed by atoms with Crippen LogP contribution in [0.15, 0.2) is 18.2 Å². The maximum absolute atomic E-state index is 11.0. The minimum absolute atomic E-state index is 0.261. The van der Waals surface area contributed by atoms with Crippen molar-refractivity contribution in [2.45, 2.75) is 38.6 Å². The average molecular weight is 278 g/mol. The van der Waals surface area contributed by atoms with Crippen LogP contribution in [0.4, 0.5) is 5.69 Å². The van der Waals surface area contributed by atoms with Gasteiger partial charge in [0.15, 0.2) is 5.11 Å². The Hall–Kier alpha value is -1.62. The molecule has 3 N–H and O–H groups in total. The van der Waals surface area contributed by atoms with E-state index in [1.165, 1.54) is 12.8 Å². The lowest BCUT2D eigenvalue weighted by Crippen LogP contribution is -2.36. The molecule has 19 heavy (non-hydrogen) atoms. The molecule has 1 saturated carbocycles. The van der Waals surface area contributed by atoms with E-state index in [9.17, 15) is 4.79 Å². The van der Waals surface area contributed by atoms with Gasteiger partial charge in [0.05, 0.1) is 5.56 Å². The second-order valence-electron chi connectivity index (χ2n) is 4.91. The Balaban J connectivity index is 2.02. The molecule has 1 fully saturated rings. The molecule has 0 atom stereocenters. The Morgan fingerprint density at radius 2 is 2.05 bits per heavy atom. The predicted molar refractivity (Wildman–Crippen MR) is 79.8 cm³/mol. The molecule has 0 radical (unpaired) electrons. The number of carboxylic acid groups (broad SMARTS) is 1. The van der Waals surface area contributed by atoms with Crippen LogP contribution in [0.1, 0.15) is 41.6 Å². The molecule has 0 unspecified atom stereocenters. The molecule has 0 spiro atoms. The van der Waals surface area contributed by atoms with Crippen LogP contribution in [0.25, 0.3) is 0 Å². The lowest BCUT2D eigenvalue weighted by Gasteiger charge is -2.17. The SMILES string of the molecule is Cc1ccc(C(=O)O)cc1NC(=S)NC1CCCC1. The highest BCUT2D eigenvalue weighted by Gasteiger charge is 2.16. The van der Waals surface area contributed by atoms with E-state index in [1.54, 1.807) is 18.2 Å². The van der Waals surface area contributed by atoms with Crippen molar-refractivity contribution in [1.29, 1.82) is 0 Å². The molecule has 4 nitrogen and oxygen atoms in total. The van der Waals surface area contributed by atoms with E-state index in [1.807, 2.05) is 6.92 Å². The van der Waals surface area contributed by atoms with E-state index >= 15 is 0 Å². The Labute approximate surface area is 118 Å². The fourth-order valence-corrected chi connectivity index (χ4v) is 2.58. The lowest BCUT2D eigenvalue weighted by atomic mass is 10.1. The second kappa shape index (κ2) is 6.02. The van der Waals surface area contributed by atoms with E-state index in [2.05, 4.69) is 10.6 Å². The third-order valence-electron chi connectivity index (χ3n) is 3.42. The van der Waals surface area contributed by atoms with Gasteiger partial charge < -0.3 is 15.7 Å². The summed E-state index contributed by atoms with van der Waals surface area (Å²) < 4.78 is 0. The molecule has 0 saturated heterocycles. The summed E-state index contributed by atoms with van der Waals surface area (Å²) in [6.07, 6.45) is 4.79. The van der Waals surface area contributed by atoms with Gasteiger partial charge in [-0.25, -0.2) is 4.79 Å². The number of carbonyl (C=O) groups is 1. The van der Waals surface area contributed by atoms with Gasteiger partial charge in [-0.15, -0.1) is 0 Å². The van der Waals surface area contributed by atoms with Gasteiger partial charge in [0, 0.05) is 11.7 Å². The summed E-state index contributed by atoms with van der Waals surface area (Å²) in [5.41, 5.74) is 1.98. The van der Waals surface area contributed by atoms with Crippen molar-refractivity contribution in [3.63, 3.8) is 0 Å². The van der Waals surface area contributed by atoms with Gasteiger partial charge >= 0.3 is 5.97 Å². The van der Waals surface area contributed by atoms with E-state index in [0.717, 1.165) is 24.1 Å². The predicted octanol–water partition coefficient (Wildman–Crippen LogP) is 2.92. The summed E-state index contributed by atoms with van der Waals surface area (Å²) in [5.74, 6) is -0.933. The van der Waals surface area contributed by atoms with E-state index < -0.39 is 5.97 Å². The minimum atomic E-state index is -0.933. The molecule has 1 aromatic carbocycles. The van der Waals surface area contributed by atoms with Gasteiger partial charge in [-0.05, 0) is 49.7 Å². The first-order chi connectivity index (χ1) is 9.06. The van der Waals surface area contributed by atoms with E-state index in [4.69, 9.17) is 17.3 Å². The van der Waals surface area contributed by atoms with Crippen molar-refractivity contribution in [2.75, 3.05) is 5.32 Å². The fourth-order valence-electron chi connectivity index (χ4n) is 2.30. The highest BCUT2D eigenvalue weighted by Crippen LogP contribution is 2.19. The first-order valence-electron chi connectivity index (χ1n) is 6.48. The number of rotatable bonds is 3. The Kier molecular flexibility index (Phi) is 4.37. The second-order valence-corrected chi connectivity index (χ2v) is 5.32. The summed E-state index contributed by atoms with van der Waals surface area (Å²) in [5, 5.41) is 15.9. The number of hydrogen-bond acceptors (Lipinski definition) is 2. The number of aryl methyl sites for hydroxylation is 1. The normalized spacial score (nSPS) is 15.2. The molecular weight excluding hydrogens is 260 g/mol. The summed E-state index contributed by atoms with van der Waals surface area (Å²) in [7, 11) is 0. The molecule has 0 heterocycles. The van der Waals surface area contributed by atoms with Crippen molar-refractivity contribution in [1.82, 2.24) is 5.32 Å². The summed E-state index contributed by atoms with van der Waals surface area (Å²) in [6, 6.07) is 5.43. The monoisotopic (exact) mass is 278 g/mol. The largest absolute Gasteiger partial charge is 0.478 e. The van der Waals surface area contributed by atoms with Crippen molar-refractivity contribution in [3.05, 3.63) is 29.3 Å². The number of aromatic carboxylic acids is 1. The maximum Gasteiger partial charge on any atom is 0.335 e. The van der Waals surface area contributed by atoms with Gasteiger partial charge in [0.25, 0.3) is 0 Å². The van der Waals surface area contributed by atoms with Crippen molar-refractivity contribution >= 4 is 29.0 Å². The molecule has 0 bridgehead atoms. The highest BCUT2D eigenvalue weighted by molar-refractivity contribution is 7.80. The molecule has 1 aromatic rings. The third kappa shape index (κ3) is 3.67. The van der Waals surface area contributed by atoms with Gasteiger partial charge in [0.1, 0.15) is 0 Å². The van der Waals surface area contributed by atoms with Crippen LogP contribution in [0, 0.1) is 6.92 Å². The number of carboxylic acids is 1. The van der Waals surface area contributed by atoms with Crippen LogP contribution in [0.5, 0.6) is 0 Å². The molecule has 0 amide bonds. The molecule has 2 rings (SSSR count). The number of thiocarbonyl (C=S) groups is 1. The summed E-state index contributed by atoms with van der Waals surface area (Å²) in [4.78, 5) is 11.0. The average Bonchev–Trinajstić information content (AvgIpc) is 2.84. The van der Waals surface area contributed by atoms with Crippen molar-refractivity contribution in [3.8, 4) is 0 Å². The van der Waals surface area contributed by atoms with Gasteiger partial charge in [-0.2, -0.15) is 0 Å². The minimum Gasteiger partial charge on any atom is -0.478 e. The first kappa shape index (κ1) is 13.8. The van der Waals surface area contributed by atoms with Gasteiger partial charge in [-0.1, -0.05) is 18.9 Å². The third-order valence-corrected chi connectivity index (χ3v) is 3.64. The van der Waals surface area contributed by atoms with E-state index in [-0.39, 0.29) is 5.56 Å². The zero-order valence-electron chi connectivity index (χ0n) is 10.9. The summed E-state index contributed by atoms with van der Waals surface area (Å²) >= 11 is 5.27. The van der Waals surface area contributed by atoms with Crippen molar-refractivity contribution in [2.24, 2.45) is 0 Å². The van der Waals surface area contributed by atoms with Gasteiger partial charge in [0.2, 0.25) is 0 Å². The van der Waals surface area contributed by atoms with Crippen LogP contribution in [0.2, 0.25) is 0 Å². The molecule has 0 aliphatic heterocycles. The fraction of sp³-hybridized carbons (Fsp3) is 0.429. The van der Waals surface area contributed by atoms with Crippen LogP contribution in [-0.2, 0) is 0 Å². The standard InChI is InChI=1S/C14H18N2O2S/c1-9-6-7-10(13(17)18)8-12(9)16-14(19)15-11-4-2-3-5-11/h6-8,11H,2-5H2,1H3,(H,17,18)(H2,15,16,19). The number of anilines is 1. The van der Waals surface area contributed by atoms with Crippen LogP contribution in [0.3, 0.4) is 0 Å². The number of hydrogen-bond donors (Lipinski definition) is 3. The number of nitrogens with one attached hydrogen (secondary N) is 2. The quantitative estimate of drug-likeness (QED) is 0.742. The molecule has 1 aliphatic rings. The zero-order chi connectivity index (χ0) is 13.8. The topological polar surface area (TPSA) is 61.4 Å². The lowest BCUT2D eigenvalue weighted by molar-refractivity contribution is 0.0697. The van der Waals surface area contributed by atoms with Crippen LogP contribution in [-0.4, -0.2) is 22.2 Å². The molecular formula is C14H18N2O2S.